The number of benzene rings is 1. The van der Waals surface area contributed by atoms with Gasteiger partial charge in [-0.2, -0.15) is 0 Å². The molecule has 0 bridgehead atoms. The Morgan fingerprint density at radius 2 is 1.76 bits per heavy atom. The molecular formula is C20H36FIN4O2S. The number of aliphatic imine (C=N–C) groups is 1. The largest absolute Gasteiger partial charge is 0.357 e. The molecule has 0 atom stereocenters. The smallest absolute Gasteiger partial charge is 0.191 e. The first-order valence-corrected chi connectivity index (χ1v) is 11.6. The Morgan fingerprint density at radius 1 is 1.14 bits per heavy atom. The summed E-state index contributed by atoms with van der Waals surface area (Å²) in [5, 5.41) is 6.13. The van der Waals surface area contributed by atoms with Crippen molar-refractivity contribution in [2.75, 3.05) is 31.9 Å². The molecule has 0 aliphatic rings. The van der Waals surface area contributed by atoms with Crippen LogP contribution < -0.4 is 10.6 Å². The molecule has 168 valence electrons. The van der Waals surface area contributed by atoms with Crippen LogP contribution in [-0.4, -0.2) is 63.3 Å². The van der Waals surface area contributed by atoms with Crippen molar-refractivity contribution in [1.29, 1.82) is 0 Å². The minimum atomic E-state index is -3.68. The molecule has 0 fully saturated rings. The standard InChI is InChI=1S/C20H35FN4O2S.HI/c1-6-22-20(23-12-9-14-25(16(2)3)17(4)5)24-13-15-28(26,27)19-11-8-7-10-18(19)21;/h7-8,10-11,16-17H,6,9,12-15H2,1-5H3,(H2,22,23,24);1H. The van der Waals surface area contributed by atoms with Gasteiger partial charge in [0.1, 0.15) is 10.7 Å². The van der Waals surface area contributed by atoms with Crippen LogP contribution in [0.3, 0.4) is 0 Å². The number of rotatable bonds is 11. The summed E-state index contributed by atoms with van der Waals surface area (Å²) in [5.41, 5.74) is 0. The molecule has 0 aliphatic heterocycles. The summed E-state index contributed by atoms with van der Waals surface area (Å²) in [4.78, 5) is 6.66. The average Bonchev–Trinajstić information content (AvgIpc) is 2.60. The van der Waals surface area contributed by atoms with Crippen LogP contribution in [0.25, 0.3) is 0 Å². The number of nitrogens with zero attached hydrogens (tertiary/aromatic N) is 2. The second-order valence-corrected chi connectivity index (χ2v) is 9.29. The van der Waals surface area contributed by atoms with E-state index in [1.807, 2.05) is 6.92 Å². The van der Waals surface area contributed by atoms with Crippen molar-refractivity contribution in [1.82, 2.24) is 15.5 Å². The molecule has 0 aliphatic carbocycles. The summed E-state index contributed by atoms with van der Waals surface area (Å²) in [5.74, 6) is -0.345. The van der Waals surface area contributed by atoms with Gasteiger partial charge in [0.25, 0.3) is 0 Å². The van der Waals surface area contributed by atoms with E-state index in [9.17, 15) is 12.8 Å². The normalized spacial score (nSPS) is 12.4. The van der Waals surface area contributed by atoms with E-state index >= 15 is 0 Å². The van der Waals surface area contributed by atoms with Crippen LogP contribution in [0, 0.1) is 5.82 Å². The highest BCUT2D eigenvalue weighted by atomic mass is 127. The zero-order valence-corrected chi connectivity index (χ0v) is 21.3. The van der Waals surface area contributed by atoms with E-state index in [0.717, 1.165) is 19.0 Å². The molecule has 0 saturated heterocycles. The maximum atomic E-state index is 13.7. The Balaban J connectivity index is 0.00000784. The van der Waals surface area contributed by atoms with Crippen LogP contribution >= 0.6 is 24.0 Å². The molecule has 1 rings (SSSR count). The van der Waals surface area contributed by atoms with Gasteiger partial charge < -0.3 is 10.6 Å². The van der Waals surface area contributed by atoms with Crippen molar-refractivity contribution in [3.63, 3.8) is 0 Å². The monoisotopic (exact) mass is 542 g/mol. The molecule has 0 radical (unpaired) electrons. The summed E-state index contributed by atoms with van der Waals surface area (Å²) in [6.07, 6.45) is 0.917. The van der Waals surface area contributed by atoms with Crippen molar-refractivity contribution < 1.29 is 12.8 Å². The zero-order chi connectivity index (χ0) is 21.2. The van der Waals surface area contributed by atoms with Crippen LogP contribution in [-0.2, 0) is 9.84 Å². The van der Waals surface area contributed by atoms with Gasteiger partial charge in [-0.1, -0.05) is 12.1 Å². The zero-order valence-electron chi connectivity index (χ0n) is 18.1. The van der Waals surface area contributed by atoms with E-state index in [4.69, 9.17) is 0 Å². The van der Waals surface area contributed by atoms with Crippen molar-refractivity contribution in [3.8, 4) is 0 Å². The summed E-state index contributed by atoms with van der Waals surface area (Å²) in [6, 6.07) is 6.41. The lowest BCUT2D eigenvalue weighted by molar-refractivity contribution is 0.174. The van der Waals surface area contributed by atoms with Crippen LogP contribution in [0.15, 0.2) is 34.2 Å². The van der Waals surface area contributed by atoms with Gasteiger partial charge in [-0.25, -0.2) is 12.8 Å². The fourth-order valence-electron chi connectivity index (χ4n) is 3.01. The summed E-state index contributed by atoms with van der Waals surface area (Å²) in [7, 11) is -3.68. The van der Waals surface area contributed by atoms with Gasteiger partial charge in [-0.3, -0.25) is 9.89 Å². The van der Waals surface area contributed by atoms with Crippen molar-refractivity contribution in [2.24, 2.45) is 4.99 Å². The number of halogens is 2. The Hall–Kier alpha value is -0.940. The highest BCUT2D eigenvalue weighted by Gasteiger charge is 2.18. The third-order valence-electron chi connectivity index (χ3n) is 4.35. The van der Waals surface area contributed by atoms with Crippen molar-refractivity contribution in [2.45, 2.75) is 58.0 Å². The fourth-order valence-corrected chi connectivity index (χ4v) is 4.25. The first-order valence-electron chi connectivity index (χ1n) is 9.94. The summed E-state index contributed by atoms with van der Waals surface area (Å²) in [6.45, 7) is 13.1. The molecule has 6 nitrogen and oxygen atoms in total. The second kappa shape index (κ2) is 14.1. The topological polar surface area (TPSA) is 73.8 Å². The van der Waals surface area contributed by atoms with E-state index < -0.39 is 15.7 Å². The van der Waals surface area contributed by atoms with E-state index in [1.54, 1.807) is 0 Å². The quantitative estimate of drug-likeness (QED) is 0.194. The molecule has 0 aromatic heterocycles. The predicted octanol–water partition coefficient (Wildman–Crippen LogP) is 3.28. The maximum absolute atomic E-state index is 13.7. The lowest BCUT2D eigenvalue weighted by Gasteiger charge is -2.30. The van der Waals surface area contributed by atoms with E-state index in [2.05, 4.69) is 48.2 Å². The highest BCUT2D eigenvalue weighted by molar-refractivity contribution is 14.0. The number of hydrogen-bond donors (Lipinski definition) is 2. The number of nitrogens with one attached hydrogen (secondary N) is 2. The van der Waals surface area contributed by atoms with Gasteiger partial charge in [-0.15, -0.1) is 24.0 Å². The third kappa shape index (κ3) is 10.1. The molecule has 0 unspecified atom stereocenters. The SMILES string of the molecule is CCNC(=NCCCN(C(C)C)C(C)C)NCCS(=O)(=O)c1ccccc1F.I. The first kappa shape index (κ1) is 28.1. The van der Waals surface area contributed by atoms with Gasteiger partial charge in [0.2, 0.25) is 0 Å². The lowest BCUT2D eigenvalue weighted by atomic mass is 10.2. The molecule has 2 N–H and O–H groups in total. The number of hydrogen-bond acceptors (Lipinski definition) is 4. The van der Waals surface area contributed by atoms with Gasteiger partial charge >= 0.3 is 0 Å². The summed E-state index contributed by atoms with van der Waals surface area (Å²) >= 11 is 0. The van der Waals surface area contributed by atoms with Gasteiger partial charge in [-0.05, 0) is 53.2 Å². The average molecular weight is 543 g/mol. The molecule has 29 heavy (non-hydrogen) atoms. The third-order valence-corrected chi connectivity index (χ3v) is 6.09. The first-order chi connectivity index (χ1) is 13.2. The van der Waals surface area contributed by atoms with Crippen molar-refractivity contribution in [3.05, 3.63) is 30.1 Å². The van der Waals surface area contributed by atoms with Crippen LogP contribution in [0.2, 0.25) is 0 Å². The van der Waals surface area contributed by atoms with Crippen LogP contribution in [0.1, 0.15) is 41.0 Å². The lowest BCUT2D eigenvalue weighted by Crippen LogP contribution is -2.40. The minimum absolute atomic E-state index is 0. The molecule has 0 heterocycles. The molecule has 0 amide bonds. The Bertz CT molecular complexity index is 719. The predicted molar refractivity (Wildman–Crippen MR) is 129 cm³/mol. The van der Waals surface area contributed by atoms with E-state index in [1.165, 1.54) is 18.2 Å². The minimum Gasteiger partial charge on any atom is -0.357 e. The molecule has 1 aromatic carbocycles. The van der Waals surface area contributed by atoms with E-state index in [-0.39, 0.29) is 41.2 Å². The second-order valence-electron chi connectivity index (χ2n) is 7.22. The van der Waals surface area contributed by atoms with Gasteiger partial charge in [0.05, 0.1) is 5.75 Å². The molecule has 1 aromatic rings. The Morgan fingerprint density at radius 3 is 2.31 bits per heavy atom. The molecular weight excluding hydrogens is 506 g/mol. The number of sulfone groups is 1. The number of guanidine groups is 1. The molecule has 0 saturated carbocycles. The van der Waals surface area contributed by atoms with Crippen LogP contribution in [0.5, 0.6) is 0 Å². The fraction of sp³-hybridized carbons (Fsp3) is 0.650. The Kier molecular flexibility index (Phi) is 13.7. The molecule has 9 heteroatoms. The summed E-state index contributed by atoms with van der Waals surface area (Å²) < 4.78 is 38.4. The highest BCUT2D eigenvalue weighted by Crippen LogP contribution is 2.14. The van der Waals surface area contributed by atoms with Crippen molar-refractivity contribution >= 4 is 39.8 Å². The van der Waals surface area contributed by atoms with Gasteiger partial charge in [0.15, 0.2) is 15.8 Å². The Labute approximate surface area is 192 Å². The van der Waals surface area contributed by atoms with Crippen LogP contribution in [0.4, 0.5) is 4.39 Å². The van der Waals surface area contributed by atoms with E-state index in [0.29, 0.717) is 31.1 Å². The van der Waals surface area contributed by atoms with Gasteiger partial charge in [0, 0.05) is 38.3 Å². The molecule has 0 spiro atoms. The maximum Gasteiger partial charge on any atom is 0.191 e.